The summed E-state index contributed by atoms with van der Waals surface area (Å²) in [6.07, 6.45) is 0.746. The van der Waals surface area contributed by atoms with Crippen LogP contribution >= 0.6 is 27.3 Å². The van der Waals surface area contributed by atoms with E-state index in [2.05, 4.69) is 33.4 Å². The van der Waals surface area contributed by atoms with E-state index in [4.69, 9.17) is 0 Å². The minimum atomic E-state index is -0.518. The number of hydrogen-bond donors (Lipinski definition) is 1. The van der Waals surface area contributed by atoms with E-state index in [0.29, 0.717) is 4.47 Å². The second-order valence-electron chi connectivity index (χ2n) is 4.69. The molecule has 0 fully saturated rings. The van der Waals surface area contributed by atoms with Crippen LogP contribution in [0.3, 0.4) is 0 Å². The van der Waals surface area contributed by atoms with Crippen LogP contribution in [0.5, 0.6) is 0 Å². The van der Waals surface area contributed by atoms with Crippen molar-refractivity contribution in [2.75, 3.05) is 0 Å². The lowest BCUT2D eigenvalue weighted by Gasteiger charge is -2.14. The molecule has 20 heavy (non-hydrogen) atoms. The Labute approximate surface area is 130 Å². The summed E-state index contributed by atoms with van der Waals surface area (Å²) in [5, 5.41) is 2.83. The fourth-order valence-corrected chi connectivity index (χ4v) is 3.50. The first-order valence-electron chi connectivity index (χ1n) is 6.27. The fraction of sp³-hybridized carbons (Fsp3) is 0.267. The lowest BCUT2D eigenvalue weighted by molar-refractivity contribution is 0.0935. The molecule has 5 heteroatoms. The Balaban J connectivity index is 2.04. The Morgan fingerprint density at radius 2 is 2.15 bits per heavy atom. The van der Waals surface area contributed by atoms with Crippen LogP contribution in [-0.2, 0) is 6.42 Å². The molecule has 1 N–H and O–H groups in total. The highest BCUT2D eigenvalue weighted by molar-refractivity contribution is 9.10. The average Bonchev–Trinajstić information content (AvgIpc) is 2.74. The zero-order chi connectivity index (χ0) is 14.7. The smallest absolute Gasteiger partial charge is 0.255 e. The van der Waals surface area contributed by atoms with E-state index in [9.17, 15) is 9.18 Å². The van der Waals surface area contributed by atoms with Crippen LogP contribution in [0.1, 0.15) is 27.0 Å². The summed E-state index contributed by atoms with van der Waals surface area (Å²) in [4.78, 5) is 14.6. The van der Waals surface area contributed by atoms with Crippen molar-refractivity contribution in [1.82, 2.24) is 5.32 Å². The van der Waals surface area contributed by atoms with E-state index in [0.717, 1.165) is 6.42 Å². The summed E-state index contributed by atoms with van der Waals surface area (Å²) in [5.41, 5.74) is 0.0571. The largest absolute Gasteiger partial charge is 0.349 e. The molecule has 1 atom stereocenters. The van der Waals surface area contributed by atoms with Crippen molar-refractivity contribution in [3.05, 3.63) is 55.9 Å². The zero-order valence-corrected chi connectivity index (χ0v) is 13.6. The normalized spacial score (nSPS) is 12.2. The van der Waals surface area contributed by atoms with Gasteiger partial charge in [0.2, 0.25) is 0 Å². The molecule has 0 bridgehead atoms. The molecule has 0 saturated heterocycles. The van der Waals surface area contributed by atoms with Gasteiger partial charge in [0.1, 0.15) is 5.82 Å². The van der Waals surface area contributed by atoms with E-state index >= 15 is 0 Å². The number of hydrogen-bond acceptors (Lipinski definition) is 2. The lowest BCUT2D eigenvalue weighted by atomic mass is 10.1. The second-order valence-corrected chi connectivity index (χ2v) is 6.91. The topological polar surface area (TPSA) is 29.1 Å². The van der Waals surface area contributed by atoms with Gasteiger partial charge in [-0.3, -0.25) is 4.79 Å². The molecular formula is C15H15BrFNOS. The maximum absolute atomic E-state index is 13.7. The van der Waals surface area contributed by atoms with Gasteiger partial charge in [0.15, 0.2) is 0 Å². The highest BCUT2D eigenvalue weighted by atomic mass is 79.9. The molecule has 1 unspecified atom stereocenters. The molecule has 0 aliphatic rings. The Hall–Kier alpha value is -1.20. The maximum atomic E-state index is 13.7. The molecule has 2 rings (SSSR count). The molecule has 1 heterocycles. The van der Waals surface area contributed by atoms with Crippen LogP contribution in [0, 0.1) is 12.7 Å². The van der Waals surface area contributed by atoms with Gasteiger partial charge in [-0.15, -0.1) is 11.3 Å². The molecule has 0 spiro atoms. The second kappa shape index (κ2) is 6.50. The summed E-state index contributed by atoms with van der Waals surface area (Å²) in [6, 6.07) is 8.57. The molecule has 2 aromatic rings. The molecule has 2 nitrogen and oxygen atoms in total. The Kier molecular flexibility index (Phi) is 4.94. The predicted octanol–water partition coefficient (Wildman–Crippen LogP) is 4.32. The van der Waals surface area contributed by atoms with Crippen LogP contribution in [0.4, 0.5) is 4.39 Å². The molecule has 106 valence electrons. The molecule has 0 aliphatic carbocycles. The van der Waals surface area contributed by atoms with Crippen LogP contribution < -0.4 is 5.32 Å². The molecule has 0 saturated carbocycles. The van der Waals surface area contributed by atoms with E-state index < -0.39 is 11.7 Å². The maximum Gasteiger partial charge on any atom is 0.255 e. The van der Waals surface area contributed by atoms with Crippen molar-refractivity contribution in [1.29, 1.82) is 0 Å². The van der Waals surface area contributed by atoms with Gasteiger partial charge in [0, 0.05) is 26.7 Å². The van der Waals surface area contributed by atoms with Crippen LogP contribution in [0.2, 0.25) is 0 Å². The molecule has 0 radical (unpaired) electrons. The van der Waals surface area contributed by atoms with Crippen molar-refractivity contribution in [3.63, 3.8) is 0 Å². The third kappa shape index (κ3) is 3.67. The quantitative estimate of drug-likeness (QED) is 0.869. The van der Waals surface area contributed by atoms with Crippen molar-refractivity contribution in [2.24, 2.45) is 0 Å². The molecule has 1 amide bonds. The van der Waals surface area contributed by atoms with E-state index in [1.807, 2.05) is 13.8 Å². The summed E-state index contributed by atoms with van der Waals surface area (Å²) in [7, 11) is 0. The third-order valence-corrected chi connectivity index (χ3v) is 4.55. The van der Waals surface area contributed by atoms with Crippen molar-refractivity contribution in [3.8, 4) is 0 Å². The number of halogens is 2. The molecular weight excluding hydrogens is 341 g/mol. The van der Waals surface area contributed by atoms with Gasteiger partial charge in [0.25, 0.3) is 5.91 Å². The first-order valence-corrected chi connectivity index (χ1v) is 7.88. The SMILES string of the molecule is Cc1ccc(CC(C)NC(=O)c2c(F)cccc2Br)s1. The lowest BCUT2D eigenvalue weighted by Crippen LogP contribution is -2.34. The fourth-order valence-electron chi connectivity index (χ4n) is 1.96. The van der Waals surface area contributed by atoms with Gasteiger partial charge in [0.05, 0.1) is 5.56 Å². The molecule has 1 aromatic heterocycles. The predicted molar refractivity (Wildman–Crippen MR) is 83.8 cm³/mol. The average molecular weight is 356 g/mol. The van der Waals surface area contributed by atoms with Gasteiger partial charge in [-0.05, 0) is 54.0 Å². The van der Waals surface area contributed by atoms with Gasteiger partial charge >= 0.3 is 0 Å². The molecule has 1 aromatic carbocycles. The Morgan fingerprint density at radius 3 is 2.75 bits per heavy atom. The number of benzene rings is 1. The first-order chi connectivity index (χ1) is 9.47. The van der Waals surface area contributed by atoms with Crippen molar-refractivity contribution >= 4 is 33.2 Å². The van der Waals surface area contributed by atoms with Crippen molar-refractivity contribution < 1.29 is 9.18 Å². The van der Waals surface area contributed by atoms with Crippen LogP contribution in [-0.4, -0.2) is 11.9 Å². The third-order valence-electron chi connectivity index (χ3n) is 2.87. The number of carbonyl (C=O) groups excluding carboxylic acids is 1. The number of amides is 1. The monoisotopic (exact) mass is 355 g/mol. The van der Waals surface area contributed by atoms with Gasteiger partial charge in [-0.25, -0.2) is 4.39 Å². The summed E-state index contributed by atoms with van der Waals surface area (Å²) >= 11 is 4.92. The zero-order valence-electron chi connectivity index (χ0n) is 11.2. The highest BCUT2D eigenvalue weighted by Gasteiger charge is 2.17. The van der Waals surface area contributed by atoms with Crippen LogP contribution in [0.15, 0.2) is 34.8 Å². The summed E-state index contributed by atoms with van der Waals surface area (Å²) < 4.78 is 14.2. The minimum absolute atomic E-state index is 0.0490. The number of aryl methyl sites for hydroxylation is 1. The summed E-state index contributed by atoms with van der Waals surface area (Å²) in [6.45, 7) is 3.97. The van der Waals surface area contributed by atoms with Gasteiger partial charge in [-0.1, -0.05) is 6.07 Å². The van der Waals surface area contributed by atoms with Gasteiger partial charge in [-0.2, -0.15) is 0 Å². The number of thiophene rings is 1. The summed E-state index contributed by atoms with van der Waals surface area (Å²) in [5.74, 6) is -0.910. The Bertz CT molecular complexity index is 606. The van der Waals surface area contributed by atoms with Gasteiger partial charge < -0.3 is 5.32 Å². The number of nitrogens with one attached hydrogen (secondary N) is 1. The number of rotatable bonds is 4. The van der Waals surface area contributed by atoms with Crippen LogP contribution in [0.25, 0.3) is 0 Å². The molecule has 0 aliphatic heterocycles. The standard InChI is InChI=1S/C15H15BrFNOS/c1-9(8-11-7-6-10(2)20-11)18-15(19)14-12(16)4-3-5-13(14)17/h3-7,9H,8H2,1-2H3,(H,18,19). The number of carbonyl (C=O) groups is 1. The highest BCUT2D eigenvalue weighted by Crippen LogP contribution is 2.20. The minimum Gasteiger partial charge on any atom is -0.349 e. The Morgan fingerprint density at radius 1 is 1.40 bits per heavy atom. The van der Waals surface area contributed by atoms with Crippen molar-refractivity contribution in [2.45, 2.75) is 26.3 Å². The van der Waals surface area contributed by atoms with E-state index in [1.165, 1.54) is 15.8 Å². The first kappa shape index (κ1) is 15.2. The van der Waals surface area contributed by atoms with E-state index in [-0.39, 0.29) is 11.6 Å². The van der Waals surface area contributed by atoms with E-state index in [1.54, 1.807) is 23.5 Å².